The van der Waals surface area contributed by atoms with E-state index < -0.39 is 11.7 Å². The molecule has 24 heavy (non-hydrogen) atoms. The Balaban J connectivity index is 1.68. The van der Waals surface area contributed by atoms with E-state index in [-0.39, 0.29) is 12.4 Å². The van der Waals surface area contributed by atoms with Crippen molar-refractivity contribution in [2.24, 2.45) is 0 Å². The van der Waals surface area contributed by atoms with E-state index in [0.717, 1.165) is 5.75 Å². The lowest BCUT2D eigenvalue weighted by molar-refractivity contribution is 0.0834. The zero-order valence-electron chi connectivity index (χ0n) is 14.1. The molecule has 0 radical (unpaired) electrons. The van der Waals surface area contributed by atoms with E-state index in [4.69, 9.17) is 9.47 Å². The van der Waals surface area contributed by atoms with Gasteiger partial charge >= 0.3 is 0 Å². The largest absolute Gasteiger partial charge is 0.508 e. The number of nitrogens with one attached hydrogen (secondary N) is 1. The zero-order chi connectivity index (χ0) is 17.4. The number of aliphatic hydroxyl groups is 1. The van der Waals surface area contributed by atoms with E-state index in [0.29, 0.717) is 18.8 Å². The predicted octanol–water partition coefficient (Wildman–Crippen LogP) is 2.58. The molecule has 5 nitrogen and oxygen atoms in total. The third kappa shape index (κ3) is 6.48. The van der Waals surface area contributed by atoms with Crippen molar-refractivity contribution < 1.29 is 19.7 Å². The molecular weight excluding hydrogens is 306 g/mol. The number of hydrogen-bond acceptors (Lipinski definition) is 5. The first-order valence-electron chi connectivity index (χ1n) is 7.99. The van der Waals surface area contributed by atoms with Crippen LogP contribution in [0.2, 0.25) is 0 Å². The standard InChI is InChI=1S/C19H25NO4/c1-19(2,24-18-10-8-15(21)9-11-18)14-20-12-16(22)13-23-17-6-4-3-5-7-17/h3-11,16,20-22H,12-14H2,1-2H3/t16-/m1/s1. The quantitative estimate of drug-likeness (QED) is 0.659. The number of aliphatic hydroxyl groups excluding tert-OH is 1. The van der Waals surface area contributed by atoms with Crippen LogP contribution in [0, 0.1) is 0 Å². The van der Waals surface area contributed by atoms with Gasteiger partial charge in [-0.25, -0.2) is 0 Å². The molecule has 0 aromatic heterocycles. The smallest absolute Gasteiger partial charge is 0.120 e. The molecule has 0 bridgehead atoms. The van der Waals surface area contributed by atoms with E-state index in [2.05, 4.69) is 5.32 Å². The van der Waals surface area contributed by atoms with Crippen molar-refractivity contribution in [3.05, 3.63) is 54.6 Å². The number of phenolic OH excluding ortho intramolecular Hbond substituents is 1. The van der Waals surface area contributed by atoms with Gasteiger partial charge < -0.3 is 25.0 Å². The molecule has 1 atom stereocenters. The van der Waals surface area contributed by atoms with Gasteiger partial charge in [0.15, 0.2) is 0 Å². The van der Waals surface area contributed by atoms with E-state index in [1.807, 2.05) is 44.2 Å². The van der Waals surface area contributed by atoms with Crippen molar-refractivity contribution in [1.29, 1.82) is 0 Å². The molecule has 0 aliphatic carbocycles. The van der Waals surface area contributed by atoms with Crippen LogP contribution in [-0.2, 0) is 0 Å². The molecule has 0 saturated heterocycles. The summed E-state index contributed by atoms with van der Waals surface area (Å²) < 4.78 is 11.4. The van der Waals surface area contributed by atoms with Crippen LogP contribution in [0.15, 0.2) is 54.6 Å². The molecule has 0 unspecified atom stereocenters. The third-order valence-electron chi connectivity index (χ3n) is 3.35. The average Bonchev–Trinajstić information content (AvgIpc) is 2.56. The molecule has 0 saturated carbocycles. The first kappa shape index (κ1) is 18.1. The average molecular weight is 331 g/mol. The molecule has 0 spiro atoms. The Kier molecular flexibility index (Phi) is 6.46. The lowest BCUT2D eigenvalue weighted by atomic mass is 10.1. The topological polar surface area (TPSA) is 71.0 Å². The number of hydrogen-bond donors (Lipinski definition) is 3. The monoisotopic (exact) mass is 331 g/mol. The highest BCUT2D eigenvalue weighted by Gasteiger charge is 2.20. The summed E-state index contributed by atoms with van der Waals surface area (Å²) in [6.07, 6.45) is -0.602. The maximum Gasteiger partial charge on any atom is 0.120 e. The predicted molar refractivity (Wildman–Crippen MR) is 93.6 cm³/mol. The fourth-order valence-corrected chi connectivity index (χ4v) is 2.18. The number of rotatable bonds is 9. The summed E-state index contributed by atoms with van der Waals surface area (Å²) in [4.78, 5) is 0. The van der Waals surface area contributed by atoms with Crippen molar-refractivity contribution in [3.63, 3.8) is 0 Å². The maximum absolute atomic E-state index is 9.97. The molecule has 0 fully saturated rings. The van der Waals surface area contributed by atoms with Gasteiger partial charge in [-0.05, 0) is 50.2 Å². The van der Waals surface area contributed by atoms with Gasteiger partial charge in [0.05, 0.1) is 0 Å². The van der Waals surface area contributed by atoms with Gasteiger partial charge in [-0.2, -0.15) is 0 Å². The van der Waals surface area contributed by atoms with Crippen molar-refractivity contribution in [1.82, 2.24) is 5.32 Å². The van der Waals surface area contributed by atoms with Crippen LogP contribution < -0.4 is 14.8 Å². The molecular formula is C19H25NO4. The molecule has 2 aromatic rings. The van der Waals surface area contributed by atoms with E-state index in [1.165, 1.54) is 0 Å². The third-order valence-corrected chi connectivity index (χ3v) is 3.35. The highest BCUT2D eigenvalue weighted by molar-refractivity contribution is 5.30. The summed E-state index contributed by atoms with van der Waals surface area (Å²) in [5, 5.41) is 22.4. The second-order valence-corrected chi connectivity index (χ2v) is 6.26. The van der Waals surface area contributed by atoms with Crippen molar-refractivity contribution in [2.45, 2.75) is 25.6 Å². The Morgan fingerprint density at radius 3 is 2.33 bits per heavy atom. The molecule has 0 aliphatic rings. The summed E-state index contributed by atoms with van der Waals surface area (Å²) in [5.74, 6) is 1.64. The first-order chi connectivity index (χ1) is 11.4. The van der Waals surface area contributed by atoms with Crippen LogP contribution in [-0.4, -0.2) is 41.6 Å². The van der Waals surface area contributed by atoms with Gasteiger partial charge in [0, 0.05) is 13.1 Å². The minimum Gasteiger partial charge on any atom is -0.508 e. The van der Waals surface area contributed by atoms with Crippen LogP contribution in [0.3, 0.4) is 0 Å². The van der Waals surface area contributed by atoms with Gasteiger partial charge in [0.25, 0.3) is 0 Å². The summed E-state index contributed by atoms with van der Waals surface area (Å²) in [5.41, 5.74) is -0.447. The highest BCUT2D eigenvalue weighted by atomic mass is 16.5. The number of aromatic hydroxyl groups is 1. The van der Waals surface area contributed by atoms with Crippen molar-refractivity contribution >= 4 is 0 Å². The van der Waals surface area contributed by atoms with Crippen LogP contribution in [0.4, 0.5) is 0 Å². The lowest BCUT2D eigenvalue weighted by Crippen LogP contribution is -2.43. The van der Waals surface area contributed by atoms with Crippen LogP contribution in [0.25, 0.3) is 0 Å². The van der Waals surface area contributed by atoms with Gasteiger partial charge in [-0.15, -0.1) is 0 Å². The SMILES string of the molecule is CC(C)(CNC[C@@H](O)COc1ccccc1)Oc1ccc(O)cc1. The Morgan fingerprint density at radius 2 is 1.67 bits per heavy atom. The van der Waals surface area contributed by atoms with E-state index in [9.17, 15) is 10.2 Å². The molecule has 3 N–H and O–H groups in total. The minimum atomic E-state index is -0.602. The summed E-state index contributed by atoms with van der Waals surface area (Å²) >= 11 is 0. The number of para-hydroxylation sites is 1. The Bertz CT molecular complexity index is 599. The number of benzene rings is 2. The lowest BCUT2D eigenvalue weighted by Gasteiger charge is -2.27. The Morgan fingerprint density at radius 1 is 1.00 bits per heavy atom. The maximum atomic E-state index is 9.97. The minimum absolute atomic E-state index is 0.208. The van der Waals surface area contributed by atoms with Crippen molar-refractivity contribution in [2.75, 3.05) is 19.7 Å². The summed E-state index contributed by atoms with van der Waals surface area (Å²) in [7, 11) is 0. The molecule has 2 aromatic carbocycles. The molecule has 130 valence electrons. The Hall–Kier alpha value is -2.24. The van der Waals surface area contributed by atoms with Crippen molar-refractivity contribution in [3.8, 4) is 17.2 Å². The molecule has 2 rings (SSSR count). The second kappa shape index (κ2) is 8.57. The molecule has 0 heterocycles. The molecule has 0 aliphatic heterocycles. The van der Waals surface area contributed by atoms with E-state index >= 15 is 0 Å². The highest BCUT2D eigenvalue weighted by Crippen LogP contribution is 2.20. The Labute approximate surface area is 142 Å². The number of phenols is 1. The normalized spacial score (nSPS) is 12.6. The van der Waals surface area contributed by atoms with Gasteiger partial charge in [0.2, 0.25) is 0 Å². The second-order valence-electron chi connectivity index (χ2n) is 6.26. The molecule has 0 amide bonds. The van der Waals surface area contributed by atoms with Gasteiger partial charge in [-0.1, -0.05) is 18.2 Å². The summed E-state index contributed by atoms with van der Waals surface area (Å²) in [6.45, 7) is 5.13. The molecule has 5 heteroatoms. The fraction of sp³-hybridized carbons (Fsp3) is 0.368. The van der Waals surface area contributed by atoms with E-state index in [1.54, 1.807) is 24.3 Å². The number of ether oxygens (including phenoxy) is 2. The fourth-order valence-electron chi connectivity index (χ4n) is 2.18. The van der Waals surface area contributed by atoms with Gasteiger partial charge in [-0.3, -0.25) is 0 Å². The van der Waals surface area contributed by atoms with Gasteiger partial charge in [0.1, 0.15) is 35.6 Å². The van der Waals surface area contributed by atoms with Crippen LogP contribution >= 0.6 is 0 Å². The van der Waals surface area contributed by atoms with Crippen LogP contribution in [0.5, 0.6) is 17.2 Å². The summed E-state index contributed by atoms with van der Waals surface area (Å²) in [6, 6.07) is 16.0. The van der Waals surface area contributed by atoms with Crippen LogP contribution in [0.1, 0.15) is 13.8 Å². The first-order valence-corrected chi connectivity index (χ1v) is 7.99. The zero-order valence-corrected chi connectivity index (χ0v) is 14.1.